The number of halogens is 1. The zero-order valence-corrected chi connectivity index (χ0v) is 8.80. The first-order valence-corrected chi connectivity index (χ1v) is 4.69. The van der Waals surface area contributed by atoms with Crippen LogP contribution in [0, 0.1) is 6.92 Å². The van der Waals surface area contributed by atoms with Crippen LogP contribution in [0.2, 0.25) is 5.02 Å². The molecule has 0 aliphatic rings. The molecular formula is C11H10ClNO. The summed E-state index contributed by atoms with van der Waals surface area (Å²) in [6.07, 6.45) is 1.73. The van der Waals surface area contributed by atoms with Crippen molar-refractivity contribution in [3.05, 3.63) is 35.1 Å². The summed E-state index contributed by atoms with van der Waals surface area (Å²) in [5, 5.41) is 2.80. The van der Waals surface area contributed by atoms with E-state index in [0.717, 1.165) is 27.2 Å². The molecule has 0 atom stereocenters. The molecule has 2 aromatic rings. The van der Waals surface area contributed by atoms with Crippen molar-refractivity contribution in [2.75, 3.05) is 7.11 Å². The Kier molecular flexibility index (Phi) is 2.30. The molecule has 0 N–H and O–H groups in total. The molecule has 14 heavy (non-hydrogen) atoms. The van der Waals surface area contributed by atoms with E-state index in [1.54, 1.807) is 13.3 Å². The summed E-state index contributed by atoms with van der Waals surface area (Å²) >= 11 is 5.92. The SMILES string of the molecule is COc1cnc(C)c2cc(Cl)ccc12. The number of ether oxygens (including phenoxy) is 1. The number of aryl methyl sites for hydroxylation is 1. The Bertz CT molecular complexity index is 482. The summed E-state index contributed by atoms with van der Waals surface area (Å²) in [6.45, 7) is 1.96. The number of methoxy groups -OCH3 is 1. The van der Waals surface area contributed by atoms with Crippen LogP contribution in [0.15, 0.2) is 24.4 Å². The standard InChI is InChI=1S/C11H10ClNO/c1-7-10-5-8(12)3-4-9(10)11(14-2)6-13-7/h3-6H,1-2H3. The van der Waals surface area contributed by atoms with E-state index >= 15 is 0 Å². The third kappa shape index (κ3) is 1.42. The molecule has 2 rings (SSSR count). The van der Waals surface area contributed by atoms with Gasteiger partial charge in [0.1, 0.15) is 5.75 Å². The van der Waals surface area contributed by atoms with Crippen molar-refractivity contribution < 1.29 is 4.74 Å². The van der Waals surface area contributed by atoms with Crippen molar-refractivity contribution in [2.45, 2.75) is 6.92 Å². The van der Waals surface area contributed by atoms with E-state index in [2.05, 4.69) is 4.98 Å². The van der Waals surface area contributed by atoms with Gasteiger partial charge in [-0.25, -0.2) is 0 Å². The van der Waals surface area contributed by atoms with Crippen LogP contribution in [0.1, 0.15) is 5.69 Å². The first-order valence-electron chi connectivity index (χ1n) is 4.31. The van der Waals surface area contributed by atoms with E-state index in [0.29, 0.717) is 0 Å². The Labute approximate surface area is 87.5 Å². The maximum atomic E-state index is 5.92. The highest BCUT2D eigenvalue weighted by Crippen LogP contribution is 2.28. The molecule has 1 aromatic heterocycles. The topological polar surface area (TPSA) is 22.1 Å². The number of benzene rings is 1. The van der Waals surface area contributed by atoms with Crippen molar-refractivity contribution in [1.82, 2.24) is 4.98 Å². The predicted molar refractivity (Wildman–Crippen MR) is 58.0 cm³/mol. The third-order valence-corrected chi connectivity index (χ3v) is 2.47. The summed E-state index contributed by atoms with van der Waals surface area (Å²) in [5.41, 5.74) is 0.961. The fraction of sp³-hybridized carbons (Fsp3) is 0.182. The molecule has 0 aliphatic heterocycles. The van der Waals surface area contributed by atoms with Crippen molar-refractivity contribution in [3.63, 3.8) is 0 Å². The van der Waals surface area contributed by atoms with Gasteiger partial charge < -0.3 is 4.74 Å². The lowest BCUT2D eigenvalue weighted by Gasteiger charge is -2.06. The molecule has 2 nitrogen and oxygen atoms in total. The van der Waals surface area contributed by atoms with E-state index in [9.17, 15) is 0 Å². The number of rotatable bonds is 1. The fourth-order valence-electron chi connectivity index (χ4n) is 1.49. The molecule has 0 aliphatic carbocycles. The van der Waals surface area contributed by atoms with Crippen LogP contribution in [-0.2, 0) is 0 Å². The molecule has 0 saturated heterocycles. The molecule has 1 aromatic carbocycles. The molecule has 0 spiro atoms. The van der Waals surface area contributed by atoms with Crippen molar-refractivity contribution >= 4 is 22.4 Å². The predicted octanol–water partition coefficient (Wildman–Crippen LogP) is 3.21. The summed E-state index contributed by atoms with van der Waals surface area (Å²) < 4.78 is 5.22. The second kappa shape index (κ2) is 3.46. The van der Waals surface area contributed by atoms with Crippen LogP contribution in [0.4, 0.5) is 0 Å². The van der Waals surface area contributed by atoms with Gasteiger partial charge in [0.05, 0.1) is 13.3 Å². The lowest BCUT2D eigenvalue weighted by Crippen LogP contribution is -1.89. The Morgan fingerprint density at radius 2 is 2.07 bits per heavy atom. The van der Waals surface area contributed by atoms with Gasteiger partial charge in [-0.15, -0.1) is 0 Å². The van der Waals surface area contributed by atoms with Crippen LogP contribution in [0.25, 0.3) is 10.8 Å². The number of nitrogens with zero attached hydrogens (tertiary/aromatic N) is 1. The van der Waals surface area contributed by atoms with Crippen molar-refractivity contribution in [2.24, 2.45) is 0 Å². The molecule has 72 valence electrons. The lowest BCUT2D eigenvalue weighted by molar-refractivity contribution is 0.418. The minimum absolute atomic E-state index is 0.718. The van der Waals surface area contributed by atoms with Gasteiger partial charge in [-0.05, 0) is 25.1 Å². The first-order chi connectivity index (χ1) is 6.72. The normalized spacial score (nSPS) is 10.5. The quantitative estimate of drug-likeness (QED) is 0.717. The monoisotopic (exact) mass is 207 g/mol. The van der Waals surface area contributed by atoms with Gasteiger partial charge in [-0.2, -0.15) is 0 Å². The highest BCUT2D eigenvalue weighted by atomic mass is 35.5. The number of fused-ring (bicyclic) bond motifs is 1. The summed E-state index contributed by atoms with van der Waals surface area (Å²) in [7, 11) is 1.64. The van der Waals surface area contributed by atoms with Crippen molar-refractivity contribution in [3.8, 4) is 5.75 Å². The molecule has 0 bridgehead atoms. The first kappa shape index (κ1) is 9.28. The van der Waals surface area contributed by atoms with E-state index in [-0.39, 0.29) is 0 Å². The second-order valence-electron chi connectivity index (χ2n) is 3.10. The van der Waals surface area contributed by atoms with Crippen LogP contribution in [0.5, 0.6) is 5.75 Å². The molecular weight excluding hydrogens is 198 g/mol. The summed E-state index contributed by atoms with van der Waals surface area (Å²) in [6, 6.07) is 5.71. The van der Waals surface area contributed by atoms with Crippen LogP contribution < -0.4 is 4.74 Å². The van der Waals surface area contributed by atoms with E-state index in [1.165, 1.54) is 0 Å². The lowest BCUT2D eigenvalue weighted by atomic mass is 10.1. The molecule has 0 radical (unpaired) electrons. The second-order valence-corrected chi connectivity index (χ2v) is 3.54. The Balaban J connectivity index is 2.84. The van der Waals surface area contributed by atoms with Gasteiger partial charge in [0.2, 0.25) is 0 Å². The number of hydrogen-bond donors (Lipinski definition) is 0. The maximum absolute atomic E-state index is 5.92. The molecule has 0 saturated carbocycles. The smallest absolute Gasteiger partial charge is 0.144 e. The van der Waals surface area contributed by atoms with Crippen LogP contribution in [0.3, 0.4) is 0 Å². The molecule has 3 heteroatoms. The van der Waals surface area contributed by atoms with Gasteiger partial charge in [-0.3, -0.25) is 4.98 Å². The van der Waals surface area contributed by atoms with Crippen LogP contribution >= 0.6 is 11.6 Å². The average Bonchev–Trinajstić information content (AvgIpc) is 2.19. The number of hydrogen-bond acceptors (Lipinski definition) is 2. The highest BCUT2D eigenvalue weighted by Gasteiger charge is 2.04. The zero-order chi connectivity index (χ0) is 10.1. The van der Waals surface area contributed by atoms with Gasteiger partial charge in [0.15, 0.2) is 0 Å². The average molecular weight is 208 g/mol. The van der Waals surface area contributed by atoms with Crippen LogP contribution in [-0.4, -0.2) is 12.1 Å². The summed E-state index contributed by atoms with van der Waals surface area (Å²) in [5.74, 6) is 0.780. The Morgan fingerprint density at radius 3 is 2.79 bits per heavy atom. The largest absolute Gasteiger partial charge is 0.494 e. The number of aromatic nitrogens is 1. The van der Waals surface area contributed by atoms with Gasteiger partial charge >= 0.3 is 0 Å². The van der Waals surface area contributed by atoms with Gasteiger partial charge in [0, 0.05) is 21.5 Å². The van der Waals surface area contributed by atoms with Gasteiger partial charge in [-0.1, -0.05) is 11.6 Å². The minimum atomic E-state index is 0.718. The van der Waals surface area contributed by atoms with E-state index in [1.807, 2.05) is 25.1 Å². The molecule has 0 fully saturated rings. The molecule has 0 amide bonds. The maximum Gasteiger partial charge on any atom is 0.144 e. The Morgan fingerprint density at radius 1 is 1.29 bits per heavy atom. The minimum Gasteiger partial charge on any atom is -0.494 e. The summed E-state index contributed by atoms with van der Waals surface area (Å²) in [4.78, 5) is 4.24. The van der Waals surface area contributed by atoms with Crippen molar-refractivity contribution in [1.29, 1.82) is 0 Å². The Hall–Kier alpha value is -1.28. The zero-order valence-electron chi connectivity index (χ0n) is 8.04. The third-order valence-electron chi connectivity index (χ3n) is 2.23. The van der Waals surface area contributed by atoms with E-state index in [4.69, 9.17) is 16.3 Å². The highest BCUT2D eigenvalue weighted by molar-refractivity contribution is 6.31. The fourth-order valence-corrected chi connectivity index (χ4v) is 1.66. The molecule has 0 unspecified atom stereocenters. The molecule has 1 heterocycles. The van der Waals surface area contributed by atoms with Gasteiger partial charge in [0.25, 0.3) is 0 Å². The van der Waals surface area contributed by atoms with E-state index < -0.39 is 0 Å². The number of pyridine rings is 1.